The van der Waals surface area contributed by atoms with E-state index in [1.54, 1.807) is 16.6 Å². The van der Waals surface area contributed by atoms with Crippen LogP contribution in [0.1, 0.15) is 5.56 Å². The smallest absolute Gasteiger partial charge is 0.238 e. The minimum atomic E-state index is -1.63. The molecule has 2 aromatic carbocycles. The van der Waals surface area contributed by atoms with E-state index in [9.17, 15) is 18.0 Å². The molecule has 31 heavy (non-hydrogen) atoms. The second-order valence-electron chi connectivity index (χ2n) is 7.25. The Balaban J connectivity index is 1.54. The lowest BCUT2D eigenvalue weighted by molar-refractivity contribution is -0.117. The van der Waals surface area contributed by atoms with Gasteiger partial charge in [0.15, 0.2) is 23.1 Å². The monoisotopic (exact) mass is 445 g/mol. The number of pyridine rings is 1. The van der Waals surface area contributed by atoms with Gasteiger partial charge in [-0.3, -0.25) is 14.1 Å². The summed E-state index contributed by atoms with van der Waals surface area (Å²) in [5.74, 6) is -4.99. The van der Waals surface area contributed by atoms with Crippen molar-refractivity contribution in [3.63, 3.8) is 0 Å². The Hall–Kier alpha value is -3.24. The van der Waals surface area contributed by atoms with Crippen LogP contribution in [0.5, 0.6) is 0 Å². The van der Waals surface area contributed by atoms with Gasteiger partial charge in [0.25, 0.3) is 0 Å². The number of nitrogens with one attached hydrogen (secondary N) is 1. The van der Waals surface area contributed by atoms with Gasteiger partial charge in [0.05, 0.1) is 24.4 Å². The molecule has 0 aliphatic rings. The number of likely N-dealkylation sites (N-methyl/N-ethyl adjacent to an activating group) is 1. The maximum atomic E-state index is 13.8. The van der Waals surface area contributed by atoms with Crippen molar-refractivity contribution in [1.82, 2.24) is 19.1 Å². The molecule has 0 atom stereocenters. The number of rotatable bonds is 5. The fraction of sp³-hybridized carbons (Fsp3) is 0.190. The number of hydrogen-bond acceptors (Lipinski definition) is 4. The normalized spacial score (nSPS) is 11.5. The number of benzene rings is 2. The van der Waals surface area contributed by atoms with Gasteiger partial charge < -0.3 is 5.32 Å². The third-order valence-corrected chi connectivity index (χ3v) is 5.27. The molecule has 0 saturated heterocycles. The number of para-hydroxylation sites is 1. The number of carbonyl (C=O) groups excluding carboxylic acids is 1. The zero-order valence-corrected chi connectivity index (χ0v) is 17.5. The van der Waals surface area contributed by atoms with Crippen LogP contribution in [0.4, 0.5) is 18.9 Å². The summed E-state index contributed by atoms with van der Waals surface area (Å²) in [5, 5.41) is 7.85. The van der Waals surface area contributed by atoms with E-state index in [4.69, 9.17) is 12.2 Å². The fourth-order valence-corrected chi connectivity index (χ4v) is 3.74. The summed E-state index contributed by atoms with van der Waals surface area (Å²) in [6, 6.07) is 11.5. The summed E-state index contributed by atoms with van der Waals surface area (Å²) in [6.45, 7) is 2.05. The molecule has 1 N–H and O–H groups in total. The largest absolute Gasteiger partial charge is 0.322 e. The zero-order chi connectivity index (χ0) is 22.3. The molecule has 0 aliphatic heterocycles. The third kappa shape index (κ3) is 3.91. The van der Waals surface area contributed by atoms with Gasteiger partial charge in [0.1, 0.15) is 0 Å². The number of carbonyl (C=O) groups is 1. The van der Waals surface area contributed by atoms with Crippen molar-refractivity contribution in [1.29, 1.82) is 0 Å². The van der Waals surface area contributed by atoms with Gasteiger partial charge >= 0.3 is 0 Å². The second-order valence-corrected chi connectivity index (χ2v) is 7.61. The molecule has 0 spiro atoms. The predicted octanol–water partition coefficient (Wildman–Crippen LogP) is 4.27. The highest BCUT2D eigenvalue weighted by molar-refractivity contribution is 7.71. The standard InChI is InChI=1S/C21H18F3N5OS/c1-12-9-17-26-28(21(31)29(17)16-6-4-3-5-13(12)16)11-27(2)10-18(30)25-15-8-7-14(22)19(23)20(15)24/h3-9H,10-11H2,1-2H3,(H,25,30). The summed E-state index contributed by atoms with van der Waals surface area (Å²) in [6.07, 6.45) is 0. The van der Waals surface area contributed by atoms with Crippen molar-refractivity contribution in [2.75, 3.05) is 18.9 Å². The van der Waals surface area contributed by atoms with Crippen LogP contribution in [0.15, 0.2) is 42.5 Å². The van der Waals surface area contributed by atoms with E-state index >= 15 is 0 Å². The van der Waals surface area contributed by atoms with Gasteiger partial charge in [0, 0.05) is 5.39 Å². The first-order chi connectivity index (χ1) is 14.8. The first kappa shape index (κ1) is 21.0. The Morgan fingerprint density at radius 3 is 2.68 bits per heavy atom. The quantitative estimate of drug-likeness (QED) is 0.368. The van der Waals surface area contributed by atoms with Crippen LogP contribution in [0.2, 0.25) is 0 Å². The molecule has 4 rings (SSSR count). The zero-order valence-electron chi connectivity index (χ0n) is 16.7. The van der Waals surface area contributed by atoms with Crippen LogP contribution < -0.4 is 5.32 Å². The van der Waals surface area contributed by atoms with Crippen LogP contribution in [-0.4, -0.2) is 38.6 Å². The SMILES string of the molecule is Cc1cc2nn(CN(C)CC(=O)Nc3ccc(F)c(F)c3F)c(=S)n2c2ccccc12. The number of anilines is 1. The Bertz CT molecular complexity index is 1380. The highest BCUT2D eigenvalue weighted by Crippen LogP contribution is 2.22. The molecule has 0 bridgehead atoms. The maximum Gasteiger partial charge on any atom is 0.238 e. The second kappa shape index (κ2) is 8.12. The number of halogens is 3. The van der Waals surface area contributed by atoms with Crippen LogP contribution in [0.25, 0.3) is 16.6 Å². The molecule has 0 fully saturated rings. The van der Waals surface area contributed by atoms with Gasteiger partial charge in [-0.25, -0.2) is 17.9 Å². The van der Waals surface area contributed by atoms with Crippen LogP contribution >= 0.6 is 12.2 Å². The van der Waals surface area contributed by atoms with E-state index in [1.807, 2.05) is 41.7 Å². The third-order valence-electron chi connectivity index (χ3n) is 4.88. The van der Waals surface area contributed by atoms with Crippen molar-refractivity contribution >= 4 is 40.4 Å². The van der Waals surface area contributed by atoms with E-state index in [-0.39, 0.29) is 13.2 Å². The molecule has 4 aromatic rings. The molecule has 6 nitrogen and oxygen atoms in total. The molecule has 10 heteroatoms. The van der Waals surface area contributed by atoms with Gasteiger partial charge in [-0.1, -0.05) is 18.2 Å². The van der Waals surface area contributed by atoms with Crippen molar-refractivity contribution in [2.45, 2.75) is 13.6 Å². The number of fused-ring (bicyclic) bond motifs is 3. The lowest BCUT2D eigenvalue weighted by Gasteiger charge is -2.16. The Morgan fingerprint density at radius 1 is 1.16 bits per heavy atom. The number of aryl methyl sites for hydroxylation is 1. The fourth-order valence-electron chi connectivity index (χ4n) is 3.45. The van der Waals surface area contributed by atoms with Gasteiger partial charge in [-0.2, -0.15) is 5.10 Å². The molecule has 160 valence electrons. The molecule has 0 radical (unpaired) electrons. The van der Waals surface area contributed by atoms with E-state index in [0.29, 0.717) is 10.4 Å². The topological polar surface area (TPSA) is 54.6 Å². The molecular weight excluding hydrogens is 427 g/mol. The summed E-state index contributed by atoms with van der Waals surface area (Å²) in [4.78, 5) is 13.9. The van der Waals surface area contributed by atoms with Crippen molar-refractivity contribution in [2.24, 2.45) is 0 Å². The van der Waals surface area contributed by atoms with E-state index < -0.39 is 29.0 Å². The number of nitrogens with zero attached hydrogens (tertiary/aromatic N) is 4. The summed E-state index contributed by atoms with van der Waals surface area (Å²) in [7, 11) is 1.66. The predicted molar refractivity (Wildman–Crippen MR) is 114 cm³/mol. The van der Waals surface area contributed by atoms with Gasteiger partial charge in [-0.15, -0.1) is 0 Å². The maximum absolute atomic E-state index is 13.8. The van der Waals surface area contributed by atoms with Crippen molar-refractivity contribution in [3.05, 3.63) is 70.3 Å². The Labute approximate surface area is 180 Å². The van der Waals surface area contributed by atoms with Crippen molar-refractivity contribution < 1.29 is 18.0 Å². The number of amides is 1. The average molecular weight is 445 g/mol. The molecule has 1 amide bonds. The van der Waals surface area contributed by atoms with E-state index in [0.717, 1.165) is 28.6 Å². The number of hydrogen-bond donors (Lipinski definition) is 1. The first-order valence-corrected chi connectivity index (χ1v) is 9.77. The molecule has 2 heterocycles. The Kier molecular flexibility index (Phi) is 5.50. The number of aromatic nitrogens is 3. The molecule has 0 unspecified atom stereocenters. The highest BCUT2D eigenvalue weighted by atomic mass is 32.1. The first-order valence-electron chi connectivity index (χ1n) is 9.36. The Morgan fingerprint density at radius 2 is 1.90 bits per heavy atom. The van der Waals surface area contributed by atoms with E-state index in [2.05, 4.69) is 10.4 Å². The van der Waals surface area contributed by atoms with Crippen LogP contribution in [0, 0.1) is 29.1 Å². The molecule has 0 aliphatic carbocycles. The van der Waals surface area contributed by atoms with Gasteiger partial charge in [-0.05, 0) is 56.0 Å². The van der Waals surface area contributed by atoms with Crippen LogP contribution in [-0.2, 0) is 11.5 Å². The van der Waals surface area contributed by atoms with Crippen LogP contribution in [0.3, 0.4) is 0 Å². The highest BCUT2D eigenvalue weighted by Gasteiger charge is 2.17. The minimum Gasteiger partial charge on any atom is -0.322 e. The lowest BCUT2D eigenvalue weighted by Crippen LogP contribution is -2.32. The minimum absolute atomic E-state index is 0.145. The molecular formula is C21H18F3N5OS. The van der Waals surface area contributed by atoms with Crippen molar-refractivity contribution in [3.8, 4) is 0 Å². The summed E-state index contributed by atoms with van der Waals surface area (Å²) < 4.78 is 44.1. The summed E-state index contributed by atoms with van der Waals surface area (Å²) >= 11 is 5.59. The molecule has 2 aromatic heterocycles. The summed E-state index contributed by atoms with van der Waals surface area (Å²) in [5.41, 5.74) is 2.26. The molecule has 0 saturated carbocycles. The lowest BCUT2D eigenvalue weighted by atomic mass is 10.1. The van der Waals surface area contributed by atoms with Gasteiger partial charge in [0.2, 0.25) is 10.7 Å². The average Bonchev–Trinajstić information content (AvgIpc) is 3.03. The van der Waals surface area contributed by atoms with E-state index in [1.165, 1.54) is 0 Å².